The highest BCUT2D eigenvalue weighted by molar-refractivity contribution is 5.84. The highest BCUT2D eigenvalue weighted by atomic mass is 16.5. The highest BCUT2D eigenvalue weighted by Crippen LogP contribution is 2.07. The number of carbonyl (C=O) groups is 1. The van der Waals surface area contributed by atoms with Crippen molar-refractivity contribution in [2.45, 2.75) is 25.9 Å². The van der Waals surface area contributed by atoms with E-state index in [2.05, 4.69) is 4.98 Å². The lowest BCUT2D eigenvalue weighted by Crippen LogP contribution is -2.06. The number of methoxy groups -OCH3 is 1. The van der Waals surface area contributed by atoms with Crippen LogP contribution in [0.25, 0.3) is 0 Å². The lowest BCUT2D eigenvalue weighted by molar-refractivity contribution is 0.0690. The molecule has 0 spiro atoms. The summed E-state index contributed by atoms with van der Waals surface area (Å²) >= 11 is 0. The molecule has 5 heteroatoms. The Morgan fingerprint density at radius 1 is 1.79 bits per heavy atom. The van der Waals surface area contributed by atoms with Crippen LogP contribution in [0.4, 0.5) is 0 Å². The van der Waals surface area contributed by atoms with Gasteiger partial charge in [-0.05, 0) is 13.3 Å². The van der Waals surface area contributed by atoms with Gasteiger partial charge in [0.05, 0.1) is 6.10 Å². The second-order valence-corrected chi connectivity index (χ2v) is 3.02. The first kappa shape index (κ1) is 10.7. The second-order valence-electron chi connectivity index (χ2n) is 3.02. The van der Waals surface area contributed by atoms with Gasteiger partial charge in [-0.2, -0.15) is 0 Å². The van der Waals surface area contributed by atoms with Gasteiger partial charge in [-0.3, -0.25) is 0 Å². The molecule has 1 atom stereocenters. The maximum absolute atomic E-state index is 10.5. The van der Waals surface area contributed by atoms with Gasteiger partial charge in [-0.25, -0.2) is 9.78 Å². The molecule has 5 nitrogen and oxygen atoms in total. The summed E-state index contributed by atoms with van der Waals surface area (Å²) < 4.78 is 10.0. The van der Waals surface area contributed by atoms with E-state index in [1.54, 1.807) is 7.11 Å². The minimum absolute atomic E-state index is 0.0509. The molecule has 0 aliphatic carbocycles. The molecule has 1 heterocycles. The molecule has 0 aromatic carbocycles. The van der Waals surface area contributed by atoms with Gasteiger partial charge in [0.25, 0.3) is 0 Å². The summed E-state index contributed by atoms with van der Waals surface area (Å²) in [5.74, 6) is -0.633. The van der Waals surface area contributed by atoms with Crippen molar-refractivity contribution >= 4 is 5.97 Å². The van der Waals surface area contributed by atoms with Crippen molar-refractivity contribution in [3.63, 3.8) is 0 Å². The highest BCUT2D eigenvalue weighted by Gasteiger charge is 2.10. The summed E-state index contributed by atoms with van der Waals surface area (Å²) in [5, 5.41) is 8.57. The molecule has 14 heavy (non-hydrogen) atoms. The number of hydrogen-bond donors (Lipinski definition) is 1. The van der Waals surface area contributed by atoms with E-state index in [-0.39, 0.29) is 11.8 Å². The van der Waals surface area contributed by atoms with Crippen molar-refractivity contribution in [3.05, 3.63) is 17.8 Å². The molecule has 1 aromatic heterocycles. The molecule has 0 amide bonds. The van der Waals surface area contributed by atoms with Crippen molar-refractivity contribution in [2.75, 3.05) is 7.11 Å². The Balaban J connectivity index is 2.48. The van der Waals surface area contributed by atoms with E-state index in [0.717, 1.165) is 12.7 Å². The summed E-state index contributed by atoms with van der Waals surface area (Å²) in [6.07, 6.45) is 2.61. The fourth-order valence-corrected chi connectivity index (χ4v) is 0.969. The standard InChI is InChI=1S/C9H13NO4/c1-6(13-2)3-4-8-10-7(5-14-8)9(11)12/h5-6H,3-4H2,1-2H3,(H,11,12). The topological polar surface area (TPSA) is 72.6 Å². The Bertz CT molecular complexity index is 308. The lowest BCUT2D eigenvalue weighted by Gasteiger charge is -2.05. The van der Waals surface area contributed by atoms with E-state index in [1.165, 1.54) is 0 Å². The molecule has 0 saturated carbocycles. The van der Waals surface area contributed by atoms with Crippen LogP contribution in [0.3, 0.4) is 0 Å². The maximum atomic E-state index is 10.5. The second kappa shape index (κ2) is 4.76. The van der Waals surface area contributed by atoms with E-state index in [1.807, 2.05) is 6.92 Å². The summed E-state index contributed by atoms with van der Waals surface area (Å²) in [5.41, 5.74) is -0.0509. The molecule has 1 aromatic rings. The fourth-order valence-electron chi connectivity index (χ4n) is 0.969. The van der Waals surface area contributed by atoms with Crippen LogP contribution in [0.2, 0.25) is 0 Å². The number of aryl methyl sites for hydroxylation is 1. The van der Waals surface area contributed by atoms with Crippen LogP contribution in [0.5, 0.6) is 0 Å². The van der Waals surface area contributed by atoms with Crippen LogP contribution in [0, 0.1) is 0 Å². The third-order valence-corrected chi connectivity index (χ3v) is 1.94. The van der Waals surface area contributed by atoms with Crippen molar-refractivity contribution in [2.24, 2.45) is 0 Å². The zero-order valence-electron chi connectivity index (χ0n) is 8.19. The van der Waals surface area contributed by atoms with Crippen LogP contribution in [0.1, 0.15) is 29.7 Å². The number of rotatable bonds is 5. The number of carboxylic acid groups (broad SMARTS) is 1. The monoisotopic (exact) mass is 199 g/mol. The third-order valence-electron chi connectivity index (χ3n) is 1.94. The van der Waals surface area contributed by atoms with Gasteiger partial charge in [0.2, 0.25) is 0 Å². The van der Waals surface area contributed by atoms with Crippen LogP contribution in [0.15, 0.2) is 10.7 Å². The number of hydrogen-bond acceptors (Lipinski definition) is 4. The van der Waals surface area contributed by atoms with Gasteiger partial charge in [-0.1, -0.05) is 0 Å². The number of nitrogens with zero attached hydrogens (tertiary/aromatic N) is 1. The van der Waals surface area contributed by atoms with Gasteiger partial charge in [0, 0.05) is 13.5 Å². The lowest BCUT2D eigenvalue weighted by atomic mass is 10.2. The van der Waals surface area contributed by atoms with Crippen LogP contribution in [-0.2, 0) is 11.2 Å². The first-order valence-electron chi connectivity index (χ1n) is 4.34. The molecular formula is C9H13NO4. The zero-order valence-corrected chi connectivity index (χ0v) is 8.19. The largest absolute Gasteiger partial charge is 0.476 e. The smallest absolute Gasteiger partial charge is 0.357 e. The number of aromatic nitrogens is 1. The Morgan fingerprint density at radius 3 is 3.00 bits per heavy atom. The third kappa shape index (κ3) is 2.85. The maximum Gasteiger partial charge on any atom is 0.357 e. The quantitative estimate of drug-likeness (QED) is 0.774. The minimum atomic E-state index is -1.07. The summed E-state index contributed by atoms with van der Waals surface area (Å²) in [6.45, 7) is 1.93. The molecule has 0 saturated heterocycles. The van der Waals surface area contributed by atoms with Crippen LogP contribution in [-0.4, -0.2) is 29.3 Å². The van der Waals surface area contributed by atoms with E-state index < -0.39 is 5.97 Å². The molecule has 0 aliphatic rings. The Hall–Kier alpha value is -1.36. The van der Waals surface area contributed by atoms with Crippen LogP contribution < -0.4 is 0 Å². The fraction of sp³-hybridized carbons (Fsp3) is 0.556. The molecule has 0 radical (unpaired) electrons. The summed E-state index contributed by atoms with van der Waals surface area (Å²) in [7, 11) is 1.63. The van der Waals surface area contributed by atoms with Crippen molar-refractivity contribution in [3.8, 4) is 0 Å². The van der Waals surface area contributed by atoms with E-state index in [0.29, 0.717) is 12.3 Å². The predicted octanol–water partition coefficient (Wildman–Crippen LogP) is 1.34. The molecule has 0 aliphatic heterocycles. The molecule has 1 unspecified atom stereocenters. The molecule has 78 valence electrons. The van der Waals surface area contributed by atoms with Gasteiger partial charge >= 0.3 is 5.97 Å². The molecular weight excluding hydrogens is 186 g/mol. The SMILES string of the molecule is COC(C)CCc1nc(C(=O)O)co1. The molecule has 1 N–H and O–H groups in total. The van der Waals surface area contributed by atoms with Crippen molar-refractivity contribution in [1.29, 1.82) is 0 Å². The number of aromatic carboxylic acids is 1. The zero-order chi connectivity index (χ0) is 10.6. The number of ether oxygens (including phenoxy) is 1. The molecule has 0 bridgehead atoms. The first-order valence-corrected chi connectivity index (χ1v) is 4.34. The van der Waals surface area contributed by atoms with Gasteiger partial charge in [-0.15, -0.1) is 0 Å². The van der Waals surface area contributed by atoms with Gasteiger partial charge < -0.3 is 14.3 Å². The average molecular weight is 199 g/mol. The van der Waals surface area contributed by atoms with Crippen molar-refractivity contribution < 1.29 is 19.1 Å². The summed E-state index contributed by atoms with van der Waals surface area (Å²) in [4.78, 5) is 14.3. The number of carboxylic acids is 1. The summed E-state index contributed by atoms with van der Waals surface area (Å²) in [6, 6.07) is 0. The Kier molecular flexibility index (Phi) is 3.64. The van der Waals surface area contributed by atoms with Crippen molar-refractivity contribution in [1.82, 2.24) is 4.98 Å². The molecule has 1 rings (SSSR count). The van der Waals surface area contributed by atoms with Gasteiger partial charge in [0.1, 0.15) is 6.26 Å². The Labute approximate surface area is 81.7 Å². The van der Waals surface area contributed by atoms with Crippen LogP contribution >= 0.6 is 0 Å². The van der Waals surface area contributed by atoms with Gasteiger partial charge in [0.15, 0.2) is 11.6 Å². The normalized spacial score (nSPS) is 12.7. The first-order chi connectivity index (χ1) is 6.63. The Morgan fingerprint density at radius 2 is 2.50 bits per heavy atom. The minimum Gasteiger partial charge on any atom is -0.476 e. The van der Waals surface area contributed by atoms with E-state index in [4.69, 9.17) is 14.3 Å². The molecule has 0 fully saturated rings. The predicted molar refractivity (Wildman–Crippen MR) is 48.3 cm³/mol. The number of oxazole rings is 1. The average Bonchev–Trinajstić information content (AvgIpc) is 2.62. The van der Waals surface area contributed by atoms with E-state index in [9.17, 15) is 4.79 Å². The van der Waals surface area contributed by atoms with E-state index >= 15 is 0 Å².